The second-order valence-corrected chi connectivity index (χ2v) is 5.74. The Bertz CT molecular complexity index is 761. The molecule has 3 N–H and O–H groups in total. The molecule has 0 saturated carbocycles. The van der Waals surface area contributed by atoms with Gasteiger partial charge in [-0.05, 0) is 49.2 Å². The molecule has 1 amide bonds. The smallest absolute Gasteiger partial charge is 0.251 e. The van der Waals surface area contributed by atoms with Crippen LogP contribution in [0.1, 0.15) is 35.3 Å². The van der Waals surface area contributed by atoms with E-state index >= 15 is 0 Å². The lowest BCUT2D eigenvalue weighted by Crippen LogP contribution is -2.36. The van der Waals surface area contributed by atoms with Crippen LogP contribution in [-0.2, 0) is 13.1 Å². The van der Waals surface area contributed by atoms with E-state index < -0.39 is 0 Å². The van der Waals surface area contributed by atoms with Crippen molar-refractivity contribution in [3.8, 4) is 0 Å². The predicted molar refractivity (Wildman–Crippen MR) is 103 cm³/mol. The minimum absolute atomic E-state index is 0.0824. The molecule has 0 spiro atoms. The van der Waals surface area contributed by atoms with Gasteiger partial charge in [0.1, 0.15) is 5.82 Å². The van der Waals surface area contributed by atoms with Crippen molar-refractivity contribution in [3.05, 3.63) is 71.0 Å². The van der Waals surface area contributed by atoms with Gasteiger partial charge in [-0.1, -0.05) is 24.3 Å². The minimum Gasteiger partial charge on any atom is -0.357 e. The van der Waals surface area contributed by atoms with Crippen LogP contribution in [0.25, 0.3) is 0 Å². The maximum atomic E-state index is 13.3. The molecule has 26 heavy (non-hydrogen) atoms. The highest BCUT2D eigenvalue weighted by molar-refractivity contribution is 5.94. The number of nitrogens with one attached hydrogen (secondary N) is 3. The third kappa shape index (κ3) is 6.20. The molecular formula is C20H25FN4O. The van der Waals surface area contributed by atoms with Gasteiger partial charge in [0.2, 0.25) is 0 Å². The van der Waals surface area contributed by atoms with Gasteiger partial charge in [0.25, 0.3) is 5.91 Å². The number of aliphatic imine (C=N–C) groups is 1. The molecule has 5 nitrogen and oxygen atoms in total. The highest BCUT2D eigenvalue weighted by Crippen LogP contribution is 2.06. The molecule has 0 aliphatic rings. The van der Waals surface area contributed by atoms with E-state index in [1.165, 1.54) is 12.1 Å². The van der Waals surface area contributed by atoms with Crippen LogP contribution >= 0.6 is 0 Å². The van der Waals surface area contributed by atoms with Crippen molar-refractivity contribution in [1.82, 2.24) is 16.0 Å². The van der Waals surface area contributed by atoms with E-state index in [4.69, 9.17) is 0 Å². The highest BCUT2D eigenvalue weighted by atomic mass is 19.1. The van der Waals surface area contributed by atoms with Crippen molar-refractivity contribution in [2.24, 2.45) is 4.99 Å². The van der Waals surface area contributed by atoms with E-state index in [1.807, 2.05) is 38.1 Å². The number of hydrogen-bond acceptors (Lipinski definition) is 2. The summed E-state index contributed by atoms with van der Waals surface area (Å²) in [6, 6.07) is 13.9. The van der Waals surface area contributed by atoms with Crippen LogP contribution in [0.3, 0.4) is 0 Å². The third-order valence-electron chi connectivity index (χ3n) is 3.64. The number of rotatable bonds is 7. The molecule has 0 radical (unpaired) electrons. The third-order valence-corrected chi connectivity index (χ3v) is 3.64. The summed E-state index contributed by atoms with van der Waals surface area (Å²) in [6.07, 6.45) is 0. The van der Waals surface area contributed by atoms with Gasteiger partial charge in [-0.3, -0.25) is 4.79 Å². The lowest BCUT2D eigenvalue weighted by molar-refractivity contribution is 0.0955. The zero-order valence-electron chi connectivity index (χ0n) is 15.2. The van der Waals surface area contributed by atoms with Crippen LogP contribution in [0, 0.1) is 5.82 Å². The summed E-state index contributed by atoms with van der Waals surface area (Å²) < 4.78 is 13.3. The predicted octanol–water partition coefficient (Wildman–Crippen LogP) is 2.83. The van der Waals surface area contributed by atoms with Crippen LogP contribution in [0.15, 0.2) is 53.5 Å². The number of halogens is 1. The first-order valence-corrected chi connectivity index (χ1v) is 8.76. The topological polar surface area (TPSA) is 65.5 Å². The monoisotopic (exact) mass is 356 g/mol. The molecule has 2 rings (SSSR count). The Morgan fingerprint density at radius 1 is 0.962 bits per heavy atom. The fourth-order valence-corrected chi connectivity index (χ4v) is 2.42. The summed E-state index contributed by atoms with van der Waals surface area (Å²) in [4.78, 5) is 16.4. The van der Waals surface area contributed by atoms with Gasteiger partial charge in [0.05, 0.1) is 6.54 Å². The Hall–Kier alpha value is -2.89. The molecule has 0 unspecified atom stereocenters. The first kappa shape index (κ1) is 19.4. The highest BCUT2D eigenvalue weighted by Gasteiger charge is 2.05. The average Bonchev–Trinajstić information content (AvgIpc) is 2.64. The number of nitrogens with zero attached hydrogens (tertiary/aromatic N) is 1. The molecule has 2 aromatic carbocycles. The molecule has 6 heteroatoms. The van der Waals surface area contributed by atoms with Crippen LogP contribution in [0.2, 0.25) is 0 Å². The van der Waals surface area contributed by atoms with E-state index in [1.54, 1.807) is 12.1 Å². The average molecular weight is 356 g/mol. The van der Waals surface area contributed by atoms with Gasteiger partial charge in [0.15, 0.2) is 5.96 Å². The lowest BCUT2D eigenvalue weighted by atomic mass is 10.1. The zero-order valence-corrected chi connectivity index (χ0v) is 15.2. The quantitative estimate of drug-likeness (QED) is 0.528. The summed E-state index contributed by atoms with van der Waals surface area (Å²) in [5, 5.41) is 9.19. The van der Waals surface area contributed by atoms with Crippen molar-refractivity contribution in [2.75, 3.05) is 13.1 Å². The summed E-state index contributed by atoms with van der Waals surface area (Å²) >= 11 is 0. The number of amides is 1. The summed E-state index contributed by atoms with van der Waals surface area (Å²) in [6.45, 7) is 6.09. The minimum atomic E-state index is -0.266. The van der Waals surface area contributed by atoms with Gasteiger partial charge in [-0.2, -0.15) is 0 Å². The molecule has 138 valence electrons. The van der Waals surface area contributed by atoms with E-state index in [9.17, 15) is 9.18 Å². The second kappa shape index (κ2) is 10.2. The Morgan fingerprint density at radius 2 is 1.69 bits per heavy atom. The Balaban J connectivity index is 2.00. The summed E-state index contributed by atoms with van der Waals surface area (Å²) in [5.41, 5.74) is 2.42. The van der Waals surface area contributed by atoms with Crippen molar-refractivity contribution in [1.29, 1.82) is 0 Å². The van der Waals surface area contributed by atoms with Crippen molar-refractivity contribution < 1.29 is 9.18 Å². The first-order chi connectivity index (χ1) is 12.6. The molecular weight excluding hydrogens is 331 g/mol. The normalized spacial score (nSPS) is 11.1. The largest absolute Gasteiger partial charge is 0.357 e. The summed E-state index contributed by atoms with van der Waals surface area (Å²) in [7, 11) is 0. The van der Waals surface area contributed by atoms with Crippen LogP contribution in [0.4, 0.5) is 4.39 Å². The molecule has 2 aromatic rings. The molecule has 0 aliphatic heterocycles. The van der Waals surface area contributed by atoms with Crippen LogP contribution < -0.4 is 16.0 Å². The van der Waals surface area contributed by atoms with Gasteiger partial charge in [0, 0.05) is 25.2 Å². The molecule has 0 saturated heterocycles. The van der Waals surface area contributed by atoms with Crippen molar-refractivity contribution in [3.63, 3.8) is 0 Å². The van der Waals surface area contributed by atoms with E-state index in [2.05, 4.69) is 20.9 Å². The molecule has 0 fully saturated rings. The molecule has 0 aromatic heterocycles. The van der Waals surface area contributed by atoms with E-state index in [0.717, 1.165) is 11.1 Å². The molecule has 0 atom stereocenters. The molecule has 0 heterocycles. The van der Waals surface area contributed by atoms with Gasteiger partial charge in [-0.15, -0.1) is 0 Å². The van der Waals surface area contributed by atoms with Gasteiger partial charge >= 0.3 is 0 Å². The first-order valence-electron chi connectivity index (χ1n) is 8.76. The Labute approximate surface area is 153 Å². The Morgan fingerprint density at radius 3 is 2.42 bits per heavy atom. The van der Waals surface area contributed by atoms with E-state index in [0.29, 0.717) is 37.7 Å². The number of hydrogen-bond donors (Lipinski definition) is 3. The van der Waals surface area contributed by atoms with Crippen LogP contribution in [-0.4, -0.2) is 25.0 Å². The fraction of sp³-hybridized carbons (Fsp3) is 0.300. The number of benzene rings is 2. The maximum Gasteiger partial charge on any atom is 0.251 e. The number of guanidine groups is 1. The van der Waals surface area contributed by atoms with Crippen molar-refractivity contribution in [2.45, 2.75) is 26.9 Å². The number of carbonyl (C=O) groups excluding carboxylic acids is 1. The lowest BCUT2D eigenvalue weighted by Gasteiger charge is -2.12. The van der Waals surface area contributed by atoms with E-state index in [-0.39, 0.29) is 11.7 Å². The molecule has 0 bridgehead atoms. The van der Waals surface area contributed by atoms with Gasteiger partial charge < -0.3 is 16.0 Å². The number of carbonyl (C=O) groups is 1. The molecule has 0 aliphatic carbocycles. The second-order valence-electron chi connectivity index (χ2n) is 5.74. The van der Waals surface area contributed by atoms with Gasteiger partial charge in [-0.25, -0.2) is 9.38 Å². The van der Waals surface area contributed by atoms with Crippen molar-refractivity contribution >= 4 is 11.9 Å². The van der Waals surface area contributed by atoms with Crippen LogP contribution in [0.5, 0.6) is 0 Å². The fourth-order valence-electron chi connectivity index (χ4n) is 2.42. The summed E-state index contributed by atoms with van der Waals surface area (Å²) in [5.74, 6) is 0.291. The maximum absolute atomic E-state index is 13.3. The SMILES string of the molecule is CCNC(=O)c1cccc(CNC(=NCc2cccc(F)c2)NCC)c1. The Kier molecular flexibility index (Phi) is 7.61. The zero-order chi connectivity index (χ0) is 18.8. The standard InChI is InChI=1S/C20H25FN4O/c1-3-22-19(26)17-9-5-7-15(11-17)13-24-20(23-4-2)25-14-16-8-6-10-18(21)12-16/h5-12H,3-4,13-14H2,1-2H3,(H,22,26)(H2,23,24,25).